The fourth-order valence-corrected chi connectivity index (χ4v) is 2.27. The molecule has 0 bridgehead atoms. The third-order valence-corrected chi connectivity index (χ3v) is 3.18. The van der Waals surface area contributed by atoms with Gasteiger partial charge < -0.3 is 10.5 Å². The Morgan fingerprint density at radius 1 is 1.31 bits per heavy atom. The van der Waals surface area contributed by atoms with Crippen molar-refractivity contribution in [3.63, 3.8) is 0 Å². The number of hydrogen-bond donors (Lipinski definition) is 1. The van der Waals surface area contributed by atoms with Crippen molar-refractivity contribution in [2.24, 2.45) is 0 Å². The largest absolute Gasteiger partial charge is 0.494 e. The van der Waals surface area contributed by atoms with Gasteiger partial charge in [-0.25, -0.2) is 4.39 Å². The van der Waals surface area contributed by atoms with Gasteiger partial charge in [0.15, 0.2) is 11.6 Å². The average Bonchev–Trinajstić information content (AvgIpc) is 2.67. The molecule has 2 rings (SSSR count). The lowest BCUT2D eigenvalue weighted by Gasteiger charge is -2.07. The zero-order valence-electron chi connectivity index (χ0n) is 9.08. The van der Waals surface area contributed by atoms with Crippen LogP contribution in [0, 0.1) is 12.7 Å². The van der Waals surface area contributed by atoms with Gasteiger partial charge in [0.2, 0.25) is 0 Å². The number of rotatable bonds is 2. The predicted octanol–water partition coefficient (Wildman–Crippen LogP) is 3.45. The molecule has 16 heavy (non-hydrogen) atoms. The first-order valence-corrected chi connectivity index (χ1v) is 5.68. The Kier molecular flexibility index (Phi) is 2.83. The molecule has 0 saturated carbocycles. The summed E-state index contributed by atoms with van der Waals surface area (Å²) in [6, 6.07) is 5.04. The third-order valence-electron chi connectivity index (χ3n) is 2.32. The van der Waals surface area contributed by atoms with Crippen molar-refractivity contribution in [1.82, 2.24) is 0 Å². The van der Waals surface area contributed by atoms with Crippen LogP contribution in [-0.2, 0) is 0 Å². The van der Waals surface area contributed by atoms with Gasteiger partial charge in [-0.3, -0.25) is 0 Å². The van der Waals surface area contributed by atoms with Gasteiger partial charge in [-0.1, -0.05) is 0 Å². The molecule has 2 N–H and O–H groups in total. The Bertz CT molecular complexity index is 522. The standard InChI is InChI=1S/C12H12FNOS/c1-7-3-8(6-16-7)10-4-9(14)5-11(15-2)12(10)13/h3-6H,14H2,1-2H3. The zero-order valence-corrected chi connectivity index (χ0v) is 9.90. The summed E-state index contributed by atoms with van der Waals surface area (Å²) in [4.78, 5) is 1.13. The van der Waals surface area contributed by atoms with Gasteiger partial charge in [0.1, 0.15) is 0 Å². The van der Waals surface area contributed by atoms with Crippen molar-refractivity contribution in [1.29, 1.82) is 0 Å². The van der Waals surface area contributed by atoms with Crippen LogP contribution in [0.3, 0.4) is 0 Å². The van der Waals surface area contributed by atoms with E-state index in [0.29, 0.717) is 11.3 Å². The number of methoxy groups -OCH3 is 1. The number of thiophene rings is 1. The second-order valence-electron chi connectivity index (χ2n) is 3.53. The molecule has 0 unspecified atom stereocenters. The molecule has 1 heterocycles. The lowest BCUT2D eigenvalue weighted by atomic mass is 10.1. The molecule has 2 nitrogen and oxygen atoms in total. The van der Waals surface area contributed by atoms with E-state index in [0.717, 1.165) is 10.4 Å². The van der Waals surface area contributed by atoms with Crippen LogP contribution in [0.25, 0.3) is 11.1 Å². The van der Waals surface area contributed by atoms with Crippen molar-refractivity contribution in [2.45, 2.75) is 6.92 Å². The van der Waals surface area contributed by atoms with E-state index in [4.69, 9.17) is 10.5 Å². The van der Waals surface area contributed by atoms with Crippen LogP contribution >= 0.6 is 11.3 Å². The molecule has 0 aliphatic heterocycles. The summed E-state index contributed by atoms with van der Waals surface area (Å²) < 4.78 is 18.9. The molecule has 0 aliphatic rings. The number of nitrogen functional groups attached to an aromatic ring is 1. The molecule has 2 aromatic rings. The minimum absolute atomic E-state index is 0.179. The Morgan fingerprint density at radius 3 is 2.62 bits per heavy atom. The van der Waals surface area contributed by atoms with Crippen molar-refractivity contribution >= 4 is 17.0 Å². The first-order chi connectivity index (χ1) is 7.61. The van der Waals surface area contributed by atoms with E-state index in [-0.39, 0.29) is 11.6 Å². The van der Waals surface area contributed by atoms with E-state index < -0.39 is 0 Å². The van der Waals surface area contributed by atoms with E-state index in [1.165, 1.54) is 13.2 Å². The number of aryl methyl sites for hydroxylation is 1. The highest BCUT2D eigenvalue weighted by Gasteiger charge is 2.13. The monoisotopic (exact) mass is 237 g/mol. The first kappa shape index (κ1) is 11.0. The molecular formula is C12H12FNOS. The van der Waals surface area contributed by atoms with Crippen LogP contribution in [-0.4, -0.2) is 7.11 Å². The number of halogens is 1. The molecule has 0 radical (unpaired) electrons. The molecule has 0 saturated heterocycles. The minimum atomic E-state index is -0.366. The van der Waals surface area contributed by atoms with Gasteiger partial charge in [-0.05, 0) is 30.0 Å². The summed E-state index contributed by atoms with van der Waals surface area (Å²) in [5.41, 5.74) is 7.53. The van der Waals surface area contributed by atoms with Gasteiger partial charge in [0.25, 0.3) is 0 Å². The maximum atomic E-state index is 14.0. The van der Waals surface area contributed by atoms with Gasteiger partial charge >= 0.3 is 0 Å². The number of hydrogen-bond acceptors (Lipinski definition) is 3. The van der Waals surface area contributed by atoms with Gasteiger partial charge in [-0.2, -0.15) is 0 Å². The summed E-state index contributed by atoms with van der Waals surface area (Å²) in [6.07, 6.45) is 0. The van der Waals surface area contributed by atoms with Crippen LogP contribution in [0.2, 0.25) is 0 Å². The maximum absolute atomic E-state index is 14.0. The van der Waals surface area contributed by atoms with E-state index in [1.54, 1.807) is 17.4 Å². The molecule has 1 aromatic heterocycles. The summed E-state index contributed by atoms with van der Waals surface area (Å²) in [7, 11) is 1.43. The molecular weight excluding hydrogens is 225 g/mol. The molecule has 0 amide bonds. The Balaban J connectivity index is 2.60. The quantitative estimate of drug-likeness (QED) is 0.812. The number of anilines is 1. The molecule has 0 atom stereocenters. The third kappa shape index (κ3) is 1.88. The van der Waals surface area contributed by atoms with E-state index in [9.17, 15) is 4.39 Å². The molecule has 0 aliphatic carbocycles. The van der Waals surface area contributed by atoms with E-state index in [1.807, 2.05) is 18.4 Å². The summed E-state index contributed by atoms with van der Waals surface area (Å²) in [6.45, 7) is 1.98. The van der Waals surface area contributed by atoms with Gasteiger partial charge in [0, 0.05) is 22.2 Å². The molecule has 4 heteroatoms. The Morgan fingerprint density at radius 2 is 2.06 bits per heavy atom. The topological polar surface area (TPSA) is 35.2 Å². The SMILES string of the molecule is COc1cc(N)cc(-c2csc(C)c2)c1F. The lowest BCUT2D eigenvalue weighted by molar-refractivity contribution is 0.387. The first-order valence-electron chi connectivity index (χ1n) is 4.80. The second-order valence-corrected chi connectivity index (χ2v) is 4.65. The molecule has 0 fully saturated rings. The number of ether oxygens (including phenoxy) is 1. The fraction of sp³-hybridized carbons (Fsp3) is 0.167. The minimum Gasteiger partial charge on any atom is -0.494 e. The maximum Gasteiger partial charge on any atom is 0.173 e. The number of nitrogens with two attached hydrogens (primary N) is 1. The number of benzene rings is 1. The fourth-order valence-electron chi connectivity index (χ4n) is 1.56. The zero-order chi connectivity index (χ0) is 11.7. The van der Waals surface area contributed by atoms with Gasteiger partial charge in [-0.15, -0.1) is 11.3 Å². The smallest absolute Gasteiger partial charge is 0.173 e. The molecule has 84 valence electrons. The van der Waals surface area contributed by atoms with Crippen molar-refractivity contribution in [3.8, 4) is 16.9 Å². The van der Waals surface area contributed by atoms with Crippen LogP contribution < -0.4 is 10.5 Å². The highest BCUT2D eigenvalue weighted by molar-refractivity contribution is 7.10. The van der Waals surface area contributed by atoms with Crippen LogP contribution in [0.15, 0.2) is 23.6 Å². The van der Waals surface area contributed by atoms with Crippen LogP contribution in [0.5, 0.6) is 5.75 Å². The van der Waals surface area contributed by atoms with Crippen molar-refractivity contribution in [3.05, 3.63) is 34.3 Å². The Hall–Kier alpha value is -1.55. The van der Waals surface area contributed by atoms with E-state index in [2.05, 4.69) is 0 Å². The lowest BCUT2D eigenvalue weighted by Crippen LogP contribution is -1.94. The predicted molar refractivity (Wildman–Crippen MR) is 65.4 cm³/mol. The van der Waals surface area contributed by atoms with Crippen molar-refractivity contribution in [2.75, 3.05) is 12.8 Å². The van der Waals surface area contributed by atoms with Crippen LogP contribution in [0.1, 0.15) is 4.88 Å². The molecule has 1 aromatic carbocycles. The average molecular weight is 237 g/mol. The van der Waals surface area contributed by atoms with Crippen LogP contribution in [0.4, 0.5) is 10.1 Å². The highest BCUT2D eigenvalue weighted by Crippen LogP contribution is 2.33. The van der Waals surface area contributed by atoms with Crippen molar-refractivity contribution < 1.29 is 9.13 Å². The van der Waals surface area contributed by atoms with Gasteiger partial charge in [0.05, 0.1) is 7.11 Å². The van der Waals surface area contributed by atoms with E-state index >= 15 is 0 Å². The normalized spacial score (nSPS) is 10.4. The highest BCUT2D eigenvalue weighted by atomic mass is 32.1. The molecule has 0 spiro atoms. The second kappa shape index (κ2) is 4.14. The Labute approximate surface area is 97.5 Å². The summed E-state index contributed by atoms with van der Waals surface area (Å²) >= 11 is 1.58. The summed E-state index contributed by atoms with van der Waals surface area (Å²) in [5, 5.41) is 1.91. The summed E-state index contributed by atoms with van der Waals surface area (Å²) in [5.74, 6) is -0.187.